The van der Waals surface area contributed by atoms with E-state index >= 15 is 0 Å². The molecule has 0 saturated carbocycles. The predicted octanol–water partition coefficient (Wildman–Crippen LogP) is 4.58. The molecular formula is C16H25. The summed E-state index contributed by atoms with van der Waals surface area (Å²) in [5.74, 6) is 0.628. The average molecular weight is 217 g/mol. The maximum absolute atomic E-state index is 2.41. The first-order chi connectivity index (χ1) is 7.62. The standard InChI is InChI=1S/C16H25/c1-6-13-10-14(7-2)16(9-12(4)5)15(8-3)11-13/h9-12H,6-8H2,1-5H3. The molecule has 0 aliphatic rings. The van der Waals surface area contributed by atoms with Crippen LogP contribution in [-0.2, 0) is 19.3 Å². The normalized spacial score (nSPS) is 11.1. The van der Waals surface area contributed by atoms with Gasteiger partial charge in [-0.3, -0.25) is 0 Å². The highest BCUT2D eigenvalue weighted by molar-refractivity contribution is 5.44. The van der Waals surface area contributed by atoms with Crippen LogP contribution in [0.25, 0.3) is 0 Å². The summed E-state index contributed by atoms with van der Waals surface area (Å²) in [6.45, 7) is 11.3. The lowest BCUT2D eigenvalue weighted by Gasteiger charge is -2.16. The molecule has 0 spiro atoms. The molecule has 1 aromatic carbocycles. The molecule has 1 radical (unpaired) electrons. The van der Waals surface area contributed by atoms with Gasteiger partial charge in [-0.1, -0.05) is 46.8 Å². The SMILES string of the molecule is CCc1cc(CC)c([CH]C(C)C)c(CC)c1. The summed E-state index contributed by atoms with van der Waals surface area (Å²) in [4.78, 5) is 0. The second kappa shape index (κ2) is 6.08. The van der Waals surface area contributed by atoms with Gasteiger partial charge in [0.15, 0.2) is 0 Å². The average Bonchev–Trinajstić information content (AvgIpc) is 2.28. The summed E-state index contributed by atoms with van der Waals surface area (Å²) >= 11 is 0. The molecule has 89 valence electrons. The molecule has 0 atom stereocenters. The zero-order valence-corrected chi connectivity index (χ0v) is 11.4. The van der Waals surface area contributed by atoms with Crippen LogP contribution in [0.3, 0.4) is 0 Å². The molecule has 0 heteroatoms. The molecule has 0 fully saturated rings. The van der Waals surface area contributed by atoms with Crippen LogP contribution >= 0.6 is 0 Å². The van der Waals surface area contributed by atoms with Crippen molar-refractivity contribution < 1.29 is 0 Å². The quantitative estimate of drug-likeness (QED) is 0.677. The summed E-state index contributed by atoms with van der Waals surface area (Å²) in [6, 6.07) is 4.76. The first-order valence-electron chi connectivity index (χ1n) is 6.61. The van der Waals surface area contributed by atoms with Crippen molar-refractivity contribution in [1.82, 2.24) is 0 Å². The van der Waals surface area contributed by atoms with Crippen molar-refractivity contribution in [3.8, 4) is 0 Å². The molecule has 0 amide bonds. The molecule has 0 aliphatic carbocycles. The third-order valence-electron chi connectivity index (χ3n) is 3.08. The molecule has 0 N–H and O–H groups in total. The zero-order chi connectivity index (χ0) is 12.1. The van der Waals surface area contributed by atoms with E-state index in [-0.39, 0.29) is 0 Å². The Morgan fingerprint density at radius 2 is 1.44 bits per heavy atom. The molecule has 0 heterocycles. The fourth-order valence-electron chi connectivity index (χ4n) is 2.19. The van der Waals surface area contributed by atoms with Crippen LogP contribution in [0.2, 0.25) is 0 Å². The fraction of sp³-hybridized carbons (Fsp3) is 0.562. The molecule has 1 rings (SSSR count). The van der Waals surface area contributed by atoms with Gasteiger partial charge in [-0.15, -0.1) is 0 Å². The van der Waals surface area contributed by atoms with E-state index in [2.05, 4.69) is 53.2 Å². The van der Waals surface area contributed by atoms with Gasteiger partial charge in [0.05, 0.1) is 0 Å². The highest BCUT2D eigenvalue weighted by Gasteiger charge is 2.10. The fourth-order valence-corrected chi connectivity index (χ4v) is 2.19. The topological polar surface area (TPSA) is 0 Å². The smallest absolute Gasteiger partial charge is 0.00619 e. The van der Waals surface area contributed by atoms with Crippen molar-refractivity contribution in [1.29, 1.82) is 0 Å². The molecule has 0 unspecified atom stereocenters. The molecule has 0 saturated heterocycles. The van der Waals surface area contributed by atoms with Crippen molar-refractivity contribution in [2.75, 3.05) is 0 Å². The third-order valence-corrected chi connectivity index (χ3v) is 3.08. The van der Waals surface area contributed by atoms with Crippen molar-refractivity contribution in [3.05, 3.63) is 40.8 Å². The Morgan fingerprint density at radius 1 is 0.938 bits per heavy atom. The van der Waals surface area contributed by atoms with E-state index in [1.165, 1.54) is 22.3 Å². The van der Waals surface area contributed by atoms with E-state index in [4.69, 9.17) is 0 Å². The van der Waals surface area contributed by atoms with Gasteiger partial charge in [-0.05, 0) is 53.9 Å². The maximum atomic E-state index is 2.41. The highest BCUT2D eigenvalue weighted by Crippen LogP contribution is 2.24. The van der Waals surface area contributed by atoms with Crippen LogP contribution in [0.4, 0.5) is 0 Å². The van der Waals surface area contributed by atoms with E-state index < -0.39 is 0 Å². The van der Waals surface area contributed by atoms with Gasteiger partial charge in [-0.25, -0.2) is 0 Å². The van der Waals surface area contributed by atoms with Crippen molar-refractivity contribution in [2.45, 2.75) is 53.9 Å². The Labute approximate surface area is 101 Å². The van der Waals surface area contributed by atoms with E-state index in [0.29, 0.717) is 5.92 Å². The lowest BCUT2D eigenvalue weighted by atomic mass is 9.89. The number of benzene rings is 1. The monoisotopic (exact) mass is 217 g/mol. The summed E-state index contributed by atoms with van der Waals surface area (Å²) in [7, 11) is 0. The summed E-state index contributed by atoms with van der Waals surface area (Å²) in [5.41, 5.74) is 6.02. The Kier molecular flexibility index (Phi) is 5.05. The second-order valence-corrected chi connectivity index (χ2v) is 4.80. The highest BCUT2D eigenvalue weighted by atomic mass is 14.1. The number of hydrogen-bond donors (Lipinski definition) is 0. The minimum absolute atomic E-state index is 0.628. The molecular weight excluding hydrogens is 192 g/mol. The largest absolute Gasteiger partial charge is 0.0622 e. The van der Waals surface area contributed by atoms with Crippen LogP contribution in [0, 0.1) is 12.3 Å². The van der Waals surface area contributed by atoms with Crippen LogP contribution in [0.15, 0.2) is 12.1 Å². The van der Waals surface area contributed by atoms with E-state index in [1.807, 2.05) is 0 Å². The third kappa shape index (κ3) is 3.10. The molecule has 0 bridgehead atoms. The van der Waals surface area contributed by atoms with Crippen LogP contribution in [0.1, 0.15) is 56.9 Å². The van der Waals surface area contributed by atoms with E-state index in [1.54, 1.807) is 0 Å². The number of hydrogen-bond acceptors (Lipinski definition) is 0. The van der Waals surface area contributed by atoms with E-state index in [9.17, 15) is 0 Å². The van der Waals surface area contributed by atoms with Gasteiger partial charge in [0.1, 0.15) is 0 Å². The van der Waals surface area contributed by atoms with Crippen molar-refractivity contribution in [2.24, 2.45) is 5.92 Å². The van der Waals surface area contributed by atoms with E-state index in [0.717, 1.165) is 19.3 Å². The van der Waals surface area contributed by atoms with Gasteiger partial charge in [0.25, 0.3) is 0 Å². The summed E-state index contributed by atoms with van der Waals surface area (Å²) in [6.07, 6.45) is 5.83. The first-order valence-corrected chi connectivity index (χ1v) is 6.61. The zero-order valence-electron chi connectivity index (χ0n) is 11.4. The van der Waals surface area contributed by atoms with Gasteiger partial charge in [-0.2, -0.15) is 0 Å². The summed E-state index contributed by atoms with van der Waals surface area (Å²) < 4.78 is 0. The molecule has 0 nitrogen and oxygen atoms in total. The molecule has 1 aromatic rings. The van der Waals surface area contributed by atoms with Gasteiger partial charge < -0.3 is 0 Å². The summed E-state index contributed by atoms with van der Waals surface area (Å²) in [5, 5.41) is 0. The maximum Gasteiger partial charge on any atom is -0.00619 e. The lowest BCUT2D eigenvalue weighted by molar-refractivity contribution is 0.767. The molecule has 0 aromatic heterocycles. The Balaban J connectivity index is 3.20. The van der Waals surface area contributed by atoms with Crippen molar-refractivity contribution >= 4 is 0 Å². The minimum atomic E-state index is 0.628. The number of rotatable bonds is 5. The van der Waals surface area contributed by atoms with Gasteiger partial charge in [0.2, 0.25) is 0 Å². The Bertz CT molecular complexity index is 309. The number of aryl methyl sites for hydroxylation is 3. The van der Waals surface area contributed by atoms with Crippen LogP contribution < -0.4 is 0 Å². The van der Waals surface area contributed by atoms with Gasteiger partial charge >= 0.3 is 0 Å². The second-order valence-electron chi connectivity index (χ2n) is 4.80. The molecule has 0 aliphatic heterocycles. The minimum Gasteiger partial charge on any atom is -0.0622 e. The van der Waals surface area contributed by atoms with Crippen LogP contribution in [-0.4, -0.2) is 0 Å². The van der Waals surface area contributed by atoms with Gasteiger partial charge in [0, 0.05) is 0 Å². The predicted molar refractivity (Wildman–Crippen MR) is 72.8 cm³/mol. The molecule has 16 heavy (non-hydrogen) atoms. The lowest BCUT2D eigenvalue weighted by Crippen LogP contribution is -2.03. The first kappa shape index (κ1) is 13.3. The van der Waals surface area contributed by atoms with Crippen LogP contribution in [0.5, 0.6) is 0 Å². The Hall–Kier alpha value is -0.780. The Morgan fingerprint density at radius 3 is 1.75 bits per heavy atom. The van der Waals surface area contributed by atoms with Crippen molar-refractivity contribution in [3.63, 3.8) is 0 Å².